The Morgan fingerprint density at radius 2 is 1.57 bits per heavy atom. The molecule has 1 amide bonds. The Morgan fingerprint density at radius 3 is 2.24 bits per heavy atom. The number of anilines is 2. The number of amides is 1. The quantitative estimate of drug-likeness (QED) is 0.757. The monoisotopic (exact) mass is 319 g/mol. The Bertz CT molecular complexity index is 617. The van der Waals surface area contributed by atoms with Crippen molar-refractivity contribution in [1.82, 2.24) is 5.32 Å². The van der Waals surface area contributed by atoms with Crippen LogP contribution in [0.25, 0.3) is 0 Å². The van der Waals surface area contributed by atoms with Crippen LogP contribution in [0.4, 0.5) is 11.4 Å². The zero-order valence-corrected chi connectivity index (χ0v) is 12.7. The highest BCUT2D eigenvalue weighted by Gasteiger charge is 2.03. The first kappa shape index (κ1) is 15.3. The second-order valence-corrected chi connectivity index (χ2v) is 5.07. The molecule has 6 heteroatoms. The van der Waals surface area contributed by atoms with E-state index in [-0.39, 0.29) is 12.5 Å². The molecule has 0 atom stereocenters. The minimum absolute atomic E-state index is 0.0916. The van der Waals surface area contributed by atoms with Crippen molar-refractivity contribution in [3.05, 3.63) is 59.6 Å². The number of nitrogens with one attached hydrogen (secondary N) is 3. The lowest BCUT2D eigenvalue weighted by Gasteiger charge is -2.10. The molecule has 0 aliphatic rings. The molecule has 2 aromatic carbocycles. The number of benzene rings is 2. The lowest BCUT2D eigenvalue weighted by atomic mass is 10.3. The van der Waals surface area contributed by atoms with Gasteiger partial charge in [0.05, 0.1) is 6.54 Å². The zero-order valence-electron chi connectivity index (χ0n) is 11.1. The summed E-state index contributed by atoms with van der Waals surface area (Å²) in [6.07, 6.45) is 0. The van der Waals surface area contributed by atoms with Crippen molar-refractivity contribution in [2.45, 2.75) is 0 Å². The first-order valence-electron chi connectivity index (χ1n) is 6.29. The molecule has 0 fully saturated rings. The standard InChI is InChI=1S/C15H14ClN3OS/c16-11-6-8-13(9-7-11)19-15(21)17-10-14(20)18-12-4-2-1-3-5-12/h1-9H,10H2,(H,18,20)(H2,17,19,21). The molecule has 2 rings (SSSR count). The topological polar surface area (TPSA) is 53.2 Å². The van der Waals surface area contributed by atoms with Gasteiger partial charge < -0.3 is 16.0 Å². The van der Waals surface area contributed by atoms with Gasteiger partial charge in [0.1, 0.15) is 0 Å². The van der Waals surface area contributed by atoms with Crippen LogP contribution in [-0.4, -0.2) is 17.6 Å². The smallest absolute Gasteiger partial charge is 0.243 e. The molecule has 2 aromatic rings. The third kappa shape index (κ3) is 5.41. The van der Waals surface area contributed by atoms with Gasteiger partial charge in [-0.2, -0.15) is 0 Å². The van der Waals surface area contributed by atoms with Gasteiger partial charge in [0.25, 0.3) is 0 Å². The molecule has 4 nitrogen and oxygen atoms in total. The van der Waals surface area contributed by atoms with Crippen molar-refractivity contribution in [3.8, 4) is 0 Å². The summed E-state index contributed by atoms with van der Waals surface area (Å²) in [4.78, 5) is 11.7. The van der Waals surface area contributed by atoms with Crippen molar-refractivity contribution in [1.29, 1.82) is 0 Å². The molecule has 3 N–H and O–H groups in total. The third-order valence-electron chi connectivity index (χ3n) is 2.57. The summed E-state index contributed by atoms with van der Waals surface area (Å²) in [6.45, 7) is 0.0916. The Kier molecular flexibility index (Phi) is 5.54. The van der Waals surface area contributed by atoms with Gasteiger partial charge in [0, 0.05) is 16.4 Å². The van der Waals surface area contributed by atoms with E-state index in [9.17, 15) is 4.79 Å². The SMILES string of the molecule is O=C(CNC(=S)Nc1ccc(Cl)cc1)Nc1ccccc1. The van der Waals surface area contributed by atoms with E-state index in [1.54, 1.807) is 24.3 Å². The number of thiocarbonyl (C=S) groups is 1. The van der Waals surface area contributed by atoms with Crippen LogP contribution >= 0.6 is 23.8 Å². The van der Waals surface area contributed by atoms with E-state index in [2.05, 4.69) is 16.0 Å². The summed E-state index contributed by atoms with van der Waals surface area (Å²) in [5.41, 5.74) is 1.56. The average Bonchev–Trinajstić information content (AvgIpc) is 2.49. The van der Waals surface area contributed by atoms with E-state index in [1.165, 1.54) is 0 Å². The summed E-state index contributed by atoms with van der Waals surface area (Å²) in [5.74, 6) is -0.165. The molecule has 0 aromatic heterocycles. The summed E-state index contributed by atoms with van der Waals surface area (Å²) in [7, 11) is 0. The number of halogens is 1. The predicted octanol–water partition coefficient (Wildman–Crippen LogP) is 3.27. The van der Waals surface area contributed by atoms with Gasteiger partial charge in [-0.15, -0.1) is 0 Å². The van der Waals surface area contributed by atoms with Crippen molar-refractivity contribution >= 4 is 46.2 Å². The second-order valence-electron chi connectivity index (χ2n) is 4.23. The summed E-state index contributed by atoms with van der Waals surface area (Å²) < 4.78 is 0. The number of rotatable bonds is 4. The number of hydrogen-bond acceptors (Lipinski definition) is 2. The van der Waals surface area contributed by atoms with Crippen LogP contribution in [0, 0.1) is 0 Å². The average molecular weight is 320 g/mol. The van der Waals surface area contributed by atoms with Gasteiger partial charge >= 0.3 is 0 Å². The van der Waals surface area contributed by atoms with Gasteiger partial charge in [-0.3, -0.25) is 4.79 Å². The Balaban J connectivity index is 1.76. The molecule has 0 unspecified atom stereocenters. The molecule has 0 aliphatic carbocycles. The van der Waals surface area contributed by atoms with Crippen LogP contribution in [0.15, 0.2) is 54.6 Å². The van der Waals surface area contributed by atoms with Crippen molar-refractivity contribution < 1.29 is 4.79 Å². The molecule has 0 bridgehead atoms. The number of carbonyl (C=O) groups is 1. The van der Waals surface area contributed by atoms with E-state index in [0.717, 1.165) is 11.4 Å². The molecule has 0 saturated carbocycles. The maximum atomic E-state index is 11.7. The minimum atomic E-state index is -0.165. The highest BCUT2D eigenvalue weighted by atomic mass is 35.5. The van der Waals surface area contributed by atoms with Crippen LogP contribution < -0.4 is 16.0 Å². The summed E-state index contributed by atoms with van der Waals surface area (Å²) in [6, 6.07) is 16.4. The predicted molar refractivity (Wildman–Crippen MR) is 90.7 cm³/mol. The van der Waals surface area contributed by atoms with Gasteiger partial charge in [-0.05, 0) is 48.6 Å². The van der Waals surface area contributed by atoms with E-state index < -0.39 is 0 Å². The van der Waals surface area contributed by atoms with Crippen LogP contribution in [0.5, 0.6) is 0 Å². The van der Waals surface area contributed by atoms with Crippen LogP contribution in [-0.2, 0) is 4.79 Å². The molecule has 0 spiro atoms. The maximum absolute atomic E-state index is 11.7. The zero-order chi connectivity index (χ0) is 15.1. The fourth-order valence-electron chi connectivity index (χ4n) is 1.60. The lowest BCUT2D eigenvalue weighted by Crippen LogP contribution is -2.35. The molecule has 108 valence electrons. The van der Waals surface area contributed by atoms with E-state index in [1.807, 2.05) is 30.3 Å². The lowest BCUT2D eigenvalue weighted by molar-refractivity contribution is -0.115. The first-order chi connectivity index (χ1) is 10.1. The van der Waals surface area contributed by atoms with E-state index in [4.69, 9.17) is 23.8 Å². The molecular weight excluding hydrogens is 306 g/mol. The van der Waals surface area contributed by atoms with E-state index in [0.29, 0.717) is 10.1 Å². The van der Waals surface area contributed by atoms with Gasteiger partial charge in [-0.1, -0.05) is 29.8 Å². The Morgan fingerprint density at radius 1 is 0.952 bits per heavy atom. The number of para-hydroxylation sites is 1. The fourth-order valence-corrected chi connectivity index (χ4v) is 1.91. The van der Waals surface area contributed by atoms with E-state index >= 15 is 0 Å². The minimum Gasteiger partial charge on any atom is -0.353 e. The molecule has 0 heterocycles. The summed E-state index contributed by atoms with van der Waals surface area (Å²) in [5, 5.41) is 9.60. The highest BCUT2D eigenvalue weighted by Crippen LogP contribution is 2.13. The first-order valence-corrected chi connectivity index (χ1v) is 7.07. The van der Waals surface area contributed by atoms with Crippen molar-refractivity contribution in [2.75, 3.05) is 17.2 Å². The molecular formula is C15H14ClN3OS. The number of hydrogen-bond donors (Lipinski definition) is 3. The van der Waals surface area contributed by atoms with Crippen LogP contribution in [0.3, 0.4) is 0 Å². The summed E-state index contributed by atoms with van der Waals surface area (Å²) >= 11 is 10.9. The second kappa shape index (κ2) is 7.61. The fraction of sp³-hybridized carbons (Fsp3) is 0.0667. The molecule has 0 radical (unpaired) electrons. The Hall–Kier alpha value is -2.11. The Labute approximate surface area is 133 Å². The maximum Gasteiger partial charge on any atom is 0.243 e. The van der Waals surface area contributed by atoms with Gasteiger partial charge in [-0.25, -0.2) is 0 Å². The van der Waals surface area contributed by atoms with Crippen LogP contribution in [0.1, 0.15) is 0 Å². The van der Waals surface area contributed by atoms with Gasteiger partial charge in [0.15, 0.2) is 5.11 Å². The molecule has 0 aliphatic heterocycles. The van der Waals surface area contributed by atoms with Crippen LogP contribution in [0.2, 0.25) is 5.02 Å². The molecule has 21 heavy (non-hydrogen) atoms. The highest BCUT2D eigenvalue weighted by molar-refractivity contribution is 7.80. The third-order valence-corrected chi connectivity index (χ3v) is 3.07. The largest absolute Gasteiger partial charge is 0.353 e. The van der Waals surface area contributed by atoms with Crippen molar-refractivity contribution in [3.63, 3.8) is 0 Å². The van der Waals surface area contributed by atoms with Crippen molar-refractivity contribution in [2.24, 2.45) is 0 Å². The van der Waals surface area contributed by atoms with Gasteiger partial charge in [0.2, 0.25) is 5.91 Å². The molecule has 0 saturated heterocycles. The normalized spacial score (nSPS) is 9.76. The number of carbonyl (C=O) groups excluding carboxylic acids is 1.